The van der Waals surface area contributed by atoms with Crippen LogP contribution >= 0.6 is 11.6 Å². The quantitative estimate of drug-likeness (QED) is 0.713. The van der Waals surface area contributed by atoms with Gasteiger partial charge in [-0.25, -0.2) is 0 Å². The van der Waals surface area contributed by atoms with Gasteiger partial charge in [0.25, 0.3) is 11.8 Å². The highest BCUT2D eigenvalue weighted by Crippen LogP contribution is 2.30. The van der Waals surface area contributed by atoms with Crippen LogP contribution in [0, 0.1) is 5.92 Å². The van der Waals surface area contributed by atoms with Crippen LogP contribution in [-0.4, -0.2) is 46.4 Å². The third-order valence-corrected chi connectivity index (χ3v) is 4.83. The summed E-state index contributed by atoms with van der Waals surface area (Å²) in [6.07, 6.45) is 0.753. The number of carbonyl (C=O) groups excluding carboxylic acids is 2. The van der Waals surface area contributed by atoms with Crippen LogP contribution in [0.15, 0.2) is 30.3 Å². The summed E-state index contributed by atoms with van der Waals surface area (Å²) in [6, 6.07) is 8.44. The van der Waals surface area contributed by atoms with Gasteiger partial charge in [0, 0.05) is 36.7 Å². The third-order valence-electron chi connectivity index (χ3n) is 4.60. The predicted octanol–water partition coefficient (Wildman–Crippen LogP) is 1.62. The topological polar surface area (TPSA) is 96.3 Å². The van der Waals surface area contributed by atoms with Crippen molar-refractivity contribution < 1.29 is 14.7 Å². The van der Waals surface area contributed by atoms with Gasteiger partial charge < -0.3 is 15.7 Å². The molecule has 0 unspecified atom stereocenters. The average molecular weight is 377 g/mol. The normalized spacial score (nSPS) is 19.7. The van der Waals surface area contributed by atoms with Gasteiger partial charge in [-0.2, -0.15) is 5.10 Å². The van der Waals surface area contributed by atoms with Crippen LogP contribution in [0.4, 0.5) is 0 Å². The smallest absolute Gasteiger partial charge is 0.271 e. The minimum Gasteiger partial charge on any atom is -0.396 e. The lowest BCUT2D eigenvalue weighted by Crippen LogP contribution is -2.30. The van der Waals surface area contributed by atoms with Crippen LogP contribution in [0.3, 0.4) is 0 Å². The second-order valence-electron chi connectivity index (χ2n) is 6.43. The Morgan fingerprint density at radius 1 is 1.38 bits per heavy atom. The molecule has 3 rings (SSSR count). The molecule has 3 N–H and O–H groups in total. The van der Waals surface area contributed by atoms with E-state index in [9.17, 15) is 9.59 Å². The first-order chi connectivity index (χ1) is 12.4. The van der Waals surface area contributed by atoms with Crippen LogP contribution in [-0.2, 0) is 0 Å². The van der Waals surface area contributed by atoms with Crippen molar-refractivity contribution in [3.63, 3.8) is 0 Å². The van der Waals surface area contributed by atoms with Crippen LogP contribution in [0.2, 0.25) is 5.02 Å². The number of halogens is 1. The predicted molar refractivity (Wildman–Crippen MR) is 97.3 cm³/mol. The summed E-state index contributed by atoms with van der Waals surface area (Å²) < 4.78 is 1.53. The van der Waals surface area contributed by atoms with E-state index in [0.717, 1.165) is 12.0 Å². The van der Waals surface area contributed by atoms with E-state index in [1.165, 1.54) is 17.8 Å². The van der Waals surface area contributed by atoms with E-state index >= 15 is 0 Å². The molecule has 1 fully saturated rings. The fourth-order valence-corrected chi connectivity index (χ4v) is 3.07. The molecule has 3 atom stereocenters. The van der Waals surface area contributed by atoms with Crippen LogP contribution in [0.1, 0.15) is 45.9 Å². The van der Waals surface area contributed by atoms with E-state index in [1.807, 2.05) is 19.1 Å². The van der Waals surface area contributed by atoms with Gasteiger partial charge >= 0.3 is 0 Å². The second-order valence-corrected chi connectivity index (χ2v) is 6.86. The lowest BCUT2D eigenvalue weighted by atomic mass is 10.1. The maximum absolute atomic E-state index is 12.7. The van der Waals surface area contributed by atoms with Crippen molar-refractivity contribution >= 4 is 23.4 Å². The molecule has 1 aromatic carbocycles. The van der Waals surface area contributed by atoms with E-state index in [-0.39, 0.29) is 42.1 Å². The third kappa shape index (κ3) is 3.73. The molecule has 0 spiro atoms. The molecule has 0 aliphatic heterocycles. The number of aromatic nitrogens is 2. The molecule has 26 heavy (non-hydrogen) atoms. The van der Waals surface area contributed by atoms with E-state index in [0.29, 0.717) is 10.7 Å². The number of aliphatic hydroxyl groups is 1. The van der Waals surface area contributed by atoms with Gasteiger partial charge in [0.1, 0.15) is 5.69 Å². The summed E-state index contributed by atoms with van der Waals surface area (Å²) in [4.78, 5) is 24.7. The molecule has 2 aromatic rings. The van der Waals surface area contributed by atoms with Crippen molar-refractivity contribution in [2.45, 2.75) is 25.4 Å². The first kappa shape index (κ1) is 18.4. The van der Waals surface area contributed by atoms with Crippen molar-refractivity contribution in [3.05, 3.63) is 52.3 Å². The van der Waals surface area contributed by atoms with E-state index in [2.05, 4.69) is 15.7 Å². The molecular weight excluding hydrogens is 356 g/mol. The van der Waals surface area contributed by atoms with E-state index in [1.54, 1.807) is 12.1 Å². The van der Waals surface area contributed by atoms with Crippen molar-refractivity contribution in [1.82, 2.24) is 20.4 Å². The summed E-state index contributed by atoms with van der Waals surface area (Å²) in [5.41, 5.74) is 1.33. The molecule has 1 aromatic heterocycles. The second kappa shape index (κ2) is 7.47. The molecule has 1 aliphatic rings. The zero-order chi connectivity index (χ0) is 18.8. The Balaban J connectivity index is 1.93. The summed E-state index contributed by atoms with van der Waals surface area (Å²) in [7, 11) is 1.51. The monoisotopic (exact) mass is 376 g/mol. The van der Waals surface area contributed by atoms with Gasteiger partial charge in [0.05, 0.1) is 6.04 Å². The number of hydrogen-bond donors (Lipinski definition) is 3. The van der Waals surface area contributed by atoms with Gasteiger partial charge in [-0.1, -0.05) is 23.7 Å². The Bertz CT molecular complexity index is 836. The number of nitrogens with zero attached hydrogens (tertiary/aromatic N) is 2. The molecule has 0 saturated heterocycles. The number of hydrogen-bond acceptors (Lipinski definition) is 4. The molecule has 1 saturated carbocycles. The van der Waals surface area contributed by atoms with Crippen molar-refractivity contribution in [2.75, 3.05) is 13.7 Å². The van der Waals surface area contributed by atoms with Crippen molar-refractivity contribution in [3.8, 4) is 0 Å². The molecule has 2 amide bonds. The zero-order valence-corrected chi connectivity index (χ0v) is 15.3. The Morgan fingerprint density at radius 2 is 2.15 bits per heavy atom. The highest BCUT2D eigenvalue weighted by Gasteiger charge is 2.38. The first-order valence-electron chi connectivity index (χ1n) is 8.43. The summed E-state index contributed by atoms with van der Waals surface area (Å²) >= 11 is 6.07. The highest BCUT2D eigenvalue weighted by atomic mass is 35.5. The first-order valence-corrected chi connectivity index (χ1v) is 8.81. The van der Waals surface area contributed by atoms with Crippen LogP contribution in [0.5, 0.6) is 0 Å². The maximum atomic E-state index is 12.7. The van der Waals surface area contributed by atoms with Gasteiger partial charge in [0.15, 0.2) is 5.69 Å². The Kier molecular flexibility index (Phi) is 5.29. The molecule has 1 aliphatic carbocycles. The Hall–Kier alpha value is -2.38. The fraction of sp³-hybridized carbons (Fsp3) is 0.389. The lowest BCUT2D eigenvalue weighted by molar-refractivity contribution is 0.0932. The molecule has 7 nitrogen and oxygen atoms in total. The Labute approximate surface area is 156 Å². The number of benzene rings is 1. The number of aliphatic hydroxyl groups excluding tert-OH is 1. The van der Waals surface area contributed by atoms with Crippen molar-refractivity contribution in [2.24, 2.45) is 5.92 Å². The average Bonchev–Trinajstić information content (AvgIpc) is 3.24. The molecule has 1 heterocycles. The van der Waals surface area contributed by atoms with Crippen LogP contribution in [0.25, 0.3) is 0 Å². The van der Waals surface area contributed by atoms with Crippen LogP contribution < -0.4 is 10.6 Å². The molecule has 8 heteroatoms. The van der Waals surface area contributed by atoms with Gasteiger partial charge in [-0.05, 0) is 31.0 Å². The highest BCUT2D eigenvalue weighted by molar-refractivity contribution is 6.30. The minimum absolute atomic E-state index is 0.0409. The molecule has 0 radical (unpaired) electrons. The Morgan fingerprint density at radius 3 is 2.77 bits per heavy atom. The van der Waals surface area contributed by atoms with Gasteiger partial charge in [-0.3, -0.25) is 14.3 Å². The molecule has 138 valence electrons. The fourth-order valence-electron chi connectivity index (χ4n) is 2.87. The number of amides is 2. The maximum Gasteiger partial charge on any atom is 0.271 e. The largest absolute Gasteiger partial charge is 0.396 e. The lowest BCUT2D eigenvalue weighted by Gasteiger charge is -2.16. The number of nitrogens with one attached hydrogen (secondary N) is 2. The number of rotatable bonds is 6. The van der Waals surface area contributed by atoms with Crippen molar-refractivity contribution in [1.29, 1.82) is 0 Å². The summed E-state index contributed by atoms with van der Waals surface area (Å²) in [6.45, 7) is 1.93. The number of carbonyl (C=O) groups is 2. The zero-order valence-electron chi connectivity index (χ0n) is 14.6. The van der Waals surface area contributed by atoms with E-state index in [4.69, 9.17) is 16.7 Å². The standard InChI is InChI=1S/C18H21ClN4O3/c1-10(11-4-3-5-13(19)6-11)23-16(8-15(22-23)17(25)20-2)18(26)21-14-7-12(14)9-24/h3-6,8,10,12,14,24H,7,9H2,1-2H3,(H,20,25)(H,21,26)/t10-,12-,14+/m0/s1. The van der Waals surface area contributed by atoms with E-state index < -0.39 is 0 Å². The summed E-state index contributed by atoms with van der Waals surface area (Å²) in [5, 5.41) is 19.5. The minimum atomic E-state index is -0.365. The van der Waals surface area contributed by atoms with Gasteiger partial charge in [0.2, 0.25) is 0 Å². The molecular formula is C18H21ClN4O3. The SMILES string of the molecule is CNC(=O)c1cc(C(=O)N[C@@H]2C[C@H]2CO)n([C@@H](C)c2cccc(Cl)c2)n1. The summed E-state index contributed by atoms with van der Waals surface area (Å²) in [5.74, 6) is -0.586. The molecule has 0 bridgehead atoms. The van der Waals surface area contributed by atoms with Gasteiger partial charge in [-0.15, -0.1) is 0 Å².